The number of carbonyl (C=O) groups is 1. The van der Waals surface area contributed by atoms with Crippen molar-refractivity contribution in [3.8, 4) is 11.4 Å². The zero-order chi connectivity index (χ0) is 25.4. The van der Waals surface area contributed by atoms with Gasteiger partial charge in [0.05, 0.1) is 17.1 Å². The molecule has 0 spiro atoms. The Balaban J connectivity index is 1.19. The predicted octanol–water partition coefficient (Wildman–Crippen LogP) is 3.48. The minimum atomic E-state index is -0.473. The Hall–Kier alpha value is -3.27. The van der Waals surface area contributed by atoms with Crippen LogP contribution in [-0.4, -0.2) is 79.4 Å². The summed E-state index contributed by atoms with van der Waals surface area (Å²) in [5.74, 6) is 2.42. The fraction of sp³-hybridized carbons (Fsp3) is 0.577. The first-order valence-electron chi connectivity index (χ1n) is 12.9. The van der Waals surface area contributed by atoms with Crippen LogP contribution in [-0.2, 0) is 24.1 Å². The van der Waals surface area contributed by atoms with Crippen LogP contribution >= 0.6 is 0 Å². The summed E-state index contributed by atoms with van der Waals surface area (Å²) in [6.07, 6.45) is 8.28. The van der Waals surface area contributed by atoms with Crippen molar-refractivity contribution in [1.29, 1.82) is 0 Å². The SMILES string of the molecule is CCc1nc2c(n1CC)-c1nc(NC3=CCC(N4CCN(C(=O)OC(C)(C)C)CC4)C=N3)ncc1C2. The van der Waals surface area contributed by atoms with Crippen LogP contribution in [0.5, 0.6) is 0 Å². The number of hydrogen-bond donors (Lipinski definition) is 1. The molecule has 1 saturated heterocycles. The molecular weight excluding hydrogens is 456 g/mol. The highest BCUT2D eigenvalue weighted by Crippen LogP contribution is 2.36. The lowest BCUT2D eigenvalue weighted by Crippen LogP contribution is -2.53. The smallest absolute Gasteiger partial charge is 0.410 e. The number of nitrogens with zero attached hydrogens (tertiary/aromatic N) is 7. The lowest BCUT2D eigenvalue weighted by Gasteiger charge is -2.38. The molecule has 1 aliphatic carbocycles. The van der Waals surface area contributed by atoms with E-state index in [1.165, 1.54) is 0 Å². The topological polar surface area (TPSA) is 101 Å². The summed E-state index contributed by atoms with van der Waals surface area (Å²) in [6, 6.07) is 0.214. The van der Waals surface area contributed by atoms with Crippen molar-refractivity contribution in [2.75, 3.05) is 31.5 Å². The van der Waals surface area contributed by atoms with Gasteiger partial charge in [-0.15, -0.1) is 0 Å². The van der Waals surface area contributed by atoms with Gasteiger partial charge in [-0.1, -0.05) is 6.92 Å². The van der Waals surface area contributed by atoms with Gasteiger partial charge >= 0.3 is 6.09 Å². The van der Waals surface area contributed by atoms with Crippen molar-refractivity contribution in [1.82, 2.24) is 29.3 Å². The van der Waals surface area contributed by atoms with Crippen LogP contribution in [0.25, 0.3) is 11.4 Å². The number of anilines is 1. The van der Waals surface area contributed by atoms with Crippen molar-refractivity contribution in [2.45, 2.75) is 72.1 Å². The average Bonchev–Trinajstić information content (AvgIpc) is 3.39. The first-order chi connectivity index (χ1) is 17.3. The third kappa shape index (κ3) is 4.86. The van der Waals surface area contributed by atoms with E-state index in [-0.39, 0.29) is 12.1 Å². The number of ether oxygens (including phenoxy) is 1. The summed E-state index contributed by atoms with van der Waals surface area (Å²) >= 11 is 0. The largest absolute Gasteiger partial charge is 0.444 e. The number of nitrogens with one attached hydrogen (secondary N) is 1. The summed E-state index contributed by atoms with van der Waals surface area (Å²) in [4.78, 5) is 35.3. The van der Waals surface area contributed by atoms with Gasteiger partial charge in [0, 0.05) is 69.6 Å². The van der Waals surface area contributed by atoms with Crippen LogP contribution in [0.1, 0.15) is 58.1 Å². The molecule has 4 heterocycles. The Bertz CT molecular complexity index is 1200. The molecule has 0 aromatic carbocycles. The zero-order valence-electron chi connectivity index (χ0n) is 21.9. The number of piperazine rings is 1. The number of rotatable bonds is 5. The van der Waals surface area contributed by atoms with Crippen molar-refractivity contribution in [3.05, 3.63) is 35.2 Å². The van der Waals surface area contributed by atoms with Gasteiger partial charge in [-0.3, -0.25) is 4.90 Å². The molecule has 2 aromatic heterocycles. The molecule has 0 bridgehead atoms. The van der Waals surface area contributed by atoms with Crippen molar-refractivity contribution in [2.24, 2.45) is 4.99 Å². The third-order valence-corrected chi connectivity index (χ3v) is 6.81. The number of imidazole rings is 1. The number of fused-ring (bicyclic) bond motifs is 3. The Kier molecular flexibility index (Phi) is 6.55. The first-order valence-corrected chi connectivity index (χ1v) is 12.9. The second-order valence-corrected chi connectivity index (χ2v) is 10.5. The average molecular weight is 493 g/mol. The van der Waals surface area contributed by atoms with E-state index in [2.05, 4.69) is 44.7 Å². The number of hydrogen-bond acceptors (Lipinski definition) is 8. The maximum absolute atomic E-state index is 12.3. The zero-order valence-corrected chi connectivity index (χ0v) is 21.9. The minimum Gasteiger partial charge on any atom is -0.444 e. The van der Waals surface area contributed by atoms with Crippen LogP contribution in [0, 0.1) is 0 Å². The normalized spacial score (nSPS) is 19.6. The van der Waals surface area contributed by atoms with Crippen molar-refractivity contribution < 1.29 is 9.53 Å². The van der Waals surface area contributed by atoms with E-state index in [9.17, 15) is 4.79 Å². The molecule has 0 saturated carbocycles. The fourth-order valence-corrected chi connectivity index (χ4v) is 5.05. The lowest BCUT2D eigenvalue weighted by molar-refractivity contribution is 0.0131. The highest BCUT2D eigenvalue weighted by molar-refractivity contribution is 5.72. The number of amides is 1. The van der Waals surface area contributed by atoms with E-state index in [0.717, 1.165) is 73.2 Å². The number of aliphatic imine (C=N–C) groups is 1. The molecule has 0 radical (unpaired) electrons. The minimum absolute atomic E-state index is 0.214. The molecule has 2 aromatic rings. The number of aryl methyl sites for hydroxylation is 1. The number of carbonyl (C=O) groups excluding carboxylic acids is 1. The van der Waals surface area contributed by atoms with Crippen molar-refractivity contribution in [3.63, 3.8) is 0 Å². The summed E-state index contributed by atoms with van der Waals surface area (Å²) in [5.41, 5.74) is 3.84. The van der Waals surface area contributed by atoms with Crippen molar-refractivity contribution >= 4 is 18.3 Å². The molecule has 10 nitrogen and oxygen atoms in total. The van der Waals surface area contributed by atoms with E-state index in [0.29, 0.717) is 19.0 Å². The summed E-state index contributed by atoms with van der Waals surface area (Å²) in [6.45, 7) is 13.8. The highest BCUT2D eigenvalue weighted by atomic mass is 16.6. The maximum Gasteiger partial charge on any atom is 0.410 e. The van der Waals surface area contributed by atoms with Crippen LogP contribution < -0.4 is 5.32 Å². The maximum atomic E-state index is 12.3. The van der Waals surface area contributed by atoms with Gasteiger partial charge in [0.2, 0.25) is 5.95 Å². The van der Waals surface area contributed by atoms with E-state index >= 15 is 0 Å². The Labute approximate surface area is 212 Å². The second kappa shape index (κ2) is 9.65. The molecule has 1 fully saturated rings. The van der Waals surface area contributed by atoms with Gasteiger partial charge in [0.15, 0.2) is 0 Å². The monoisotopic (exact) mass is 492 g/mol. The van der Waals surface area contributed by atoms with Gasteiger partial charge in [-0.25, -0.2) is 24.7 Å². The van der Waals surface area contributed by atoms with E-state index in [4.69, 9.17) is 14.7 Å². The highest BCUT2D eigenvalue weighted by Gasteiger charge is 2.30. The van der Waals surface area contributed by atoms with Gasteiger partial charge in [-0.05, 0) is 40.2 Å². The van der Waals surface area contributed by atoms with Crippen LogP contribution in [0.2, 0.25) is 0 Å². The van der Waals surface area contributed by atoms with Crippen LogP contribution in [0.3, 0.4) is 0 Å². The molecule has 1 atom stereocenters. The van der Waals surface area contributed by atoms with Gasteiger partial charge in [0.1, 0.15) is 17.2 Å². The predicted molar refractivity (Wildman–Crippen MR) is 139 cm³/mol. The summed E-state index contributed by atoms with van der Waals surface area (Å²) in [7, 11) is 0. The van der Waals surface area contributed by atoms with E-state index in [1.807, 2.05) is 33.2 Å². The van der Waals surface area contributed by atoms with E-state index < -0.39 is 5.60 Å². The molecule has 2 aliphatic heterocycles. The van der Waals surface area contributed by atoms with Gasteiger partial charge < -0.3 is 19.5 Å². The molecule has 3 aliphatic rings. The summed E-state index contributed by atoms with van der Waals surface area (Å²) < 4.78 is 7.77. The lowest BCUT2D eigenvalue weighted by atomic mass is 10.1. The van der Waals surface area contributed by atoms with Crippen LogP contribution in [0.4, 0.5) is 10.7 Å². The molecule has 1 amide bonds. The molecular formula is C26H36N8O2. The van der Waals surface area contributed by atoms with Crippen LogP contribution in [0.15, 0.2) is 23.1 Å². The van der Waals surface area contributed by atoms with Gasteiger partial charge in [0.25, 0.3) is 0 Å². The standard InChI is InChI=1S/C26H36N8O2/c1-6-21-29-19-14-17-15-28-24(31-22(17)23(19)34(21)7-2)30-20-9-8-18(16-27-20)32-10-12-33(13-11-32)25(35)36-26(3,4)5/h9,15-16,18H,6-8,10-14H2,1-5H3,(H,28,30,31). The quantitative estimate of drug-likeness (QED) is 0.582. The third-order valence-electron chi connectivity index (χ3n) is 6.81. The number of aromatic nitrogens is 4. The molecule has 36 heavy (non-hydrogen) atoms. The molecule has 1 N–H and O–H groups in total. The van der Waals surface area contributed by atoms with E-state index in [1.54, 1.807) is 4.90 Å². The Morgan fingerprint density at radius 1 is 1.17 bits per heavy atom. The Morgan fingerprint density at radius 3 is 2.58 bits per heavy atom. The molecule has 1 unspecified atom stereocenters. The second-order valence-electron chi connectivity index (χ2n) is 10.5. The Morgan fingerprint density at radius 2 is 1.94 bits per heavy atom. The molecule has 5 rings (SSSR count). The molecule has 10 heteroatoms. The van der Waals surface area contributed by atoms with Gasteiger partial charge in [-0.2, -0.15) is 0 Å². The molecule has 192 valence electrons. The fourth-order valence-electron chi connectivity index (χ4n) is 5.05. The summed E-state index contributed by atoms with van der Waals surface area (Å²) in [5, 5.41) is 3.29. The first kappa shape index (κ1) is 24.4.